The van der Waals surface area contributed by atoms with Crippen molar-refractivity contribution >= 4 is 0 Å². The number of hydrogen-bond acceptors (Lipinski definition) is 1. The normalized spacial score (nSPS) is 37.8. The third-order valence-electron chi connectivity index (χ3n) is 4.81. The second kappa shape index (κ2) is 4.08. The molecule has 88 valence electrons. The van der Waals surface area contributed by atoms with Crippen molar-refractivity contribution in [3.05, 3.63) is 0 Å². The SMILES string of the molecule is CC1(C)CCCC(O)(C2CCCC2)CC1. The predicted molar refractivity (Wildman–Crippen MR) is 63.8 cm³/mol. The third kappa shape index (κ3) is 2.55. The number of hydrogen-bond donors (Lipinski definition) is 1. The van der Waals surface area contributed by atoms with Crippen LogP contribution in [0, 0.1) is 11.3 Å². The van der Waals surface area contributed by atoms with E-state index >= 15 is 0 Å². The number of aliphatic hydroxyl groups is 1. The average molecular weight is 210 g/mol. The Morgan fingerprint density at radius 1 is 0.867 bits per heavy atom. The van der Waals surface area contributed by atoms with Crippen LogP contribution in [0.15, 0.2) is 0 Å². The summed E-state index contributed by atoms with van der Waals surface area (Å²) in [6, 6.07) is 0. The molecular weight excluding hydrogens is 184 g/mol. The van der Waals surface area contributed by atoms with Gasteiger partial charge in [0.2, 0.25) is 0 Å². The highest BCUT2D eigenvalue weighted by atomic mass is 16.3. The molecule has 1 N–H and O–H groups in total. The fourth-order valence-corrected chi connectivity index (χ4v) is 3.55. The molecule has 2 saturated carbocycles. The molecule has 0 saturated heterocycles. The fourth-order valence-electron chi connectivity index (χ4n) is 3.55. The molecule has 2 aliphatic carbocycles. The molecule has 2 rings (SSSR count). The van der Waals surface area contributed by atoms with E-state index in [0.29, 0.717) is 11.3 Å². The van der Waals surface area contributed by atoms with Gasteiger partial charge in [0.1, 0.15) is 0 Å². The molecule has 2 aliphatic rings. The largest absolute Gasteiger partial charge is 0.390 e. The van der Waals surface area contributed by atoms with E-state index in [4.69, 9.17) is 0 Å². The van der Waals surface area contributed by atoms with Gasteiger partial charge in [-0.15, -0.1) is 0 Å². The topological polar surface area (TPSA) is 20.2 Å². The van der Waals surface area contributed by atoms with E-state index in [1.54, 1.807) is 0 Å². The van der Waals surface area contributed by atoms with Gasteiger partial charge in [0.15, 0.2) is 0 Å². The van der Waals surface area contributed by atoms with Crippen LogP contribution in [0.4, 0.5) is 0 Å². The van der Waals surface area contributed by atoms with Gasteiger partial charge in [-0.25, -0.2) is 0 Å². The maximum absolute atomic E-state index is 10.8. The van der Waals surface area contributed by atoms with Crippen LogP contribution in [0.3, 0.4) is 0 Å². The van der Waals surface area contributed by atoms with Crippen molar-refractivity contribution < 1.29 is 5.11 Å². The van der Waals surface area contributed by atoms with Gasteiger partial charge in [0.05, 0.1) is 5.60 Å². The van der Waals surface area contributed by atoms with E-state index in [0.717, 1.165) is 12.8 Å². The van der Waals surface area contributed by atoms with Gasteiger partial charge in [-0.1, -0.05) is 33.1 Å². The molecule has 0 amide bonds. The fraction of sp³-hybridized carbons (Fsp3) is 1.00. The Hall–Kier alpha value is -0.0400. The van der Waals surface area contributed by atoms with E-state index < -0.39 is 0 Å². The highest BCUT2D eigenvalue weighted by Crippen LogP contribution is 2.45. The highest BCUT2D eigenvalue weighted by molar-refractivity contribution is 4.93. The Kier molecular flexibility index (Phi) is 3.12. The molecule has 0 aliphatic heterocycles. The molecular formula is C14H26O. The summed E-state index contributed by atoms with van der Waals surface area (Å²) in [4.78, 5) is 0. The van der Waals surface area contributed by atoms with Crippen molar-refractivity contribution in [2.45, 2.75) is 77.2 Å². The third-order valence-corrected chi connectivity index (χ3v) is 4.81. The Morgan fingerprint density at radius 3 is 2.20 bits per heavy atom. The first kappa shape index (κ1) is 11.4. The van der Waals surface area contributed by atoms with Crippen molar-refractivity contribution in [1.29, 1.82) is 0 Å². The van der Waals surface area contributed by atoms with Crippen molar-refractivity contribution in [3.63, 3.8) is 0 Å². The summed E-state index contributed by atoms with van der Waals surface area (Å²) in [5.41, 5.74) is 0.160. The van der Waals surface area contributed by atoms with Gasteiger partial charge in [-0.3, -0.25) is 0 Å². The van der Waals surface area contributed by atoms with Crippen LogP contribution in [0.1, 0.15) is 71.6 Å². The molecule has 0 aromatic heterocycles. The first-order valence-electron chi connectivity index (χ1n) is 6.74. The van der Waals surface area contributed by atoms with Gasteiger partial charge >= 0.3 is 0 Å². The van der Waals surface area contributed by atoms with Crippen LogP contribution in [0.25, 0.3) is 0 Å². The van der Waals surface area contributed by atoms with Gasteiger partial charge in [0.25, 0.3) is 0 Å². The predicted octanol–water partition coefficient (Wildman–Crippen LogP) is 3.90. The van der Waals surface area contributed by atoms with Crippen LogP contribution >= 0.6 is 0 Å². The second-order valence-electron chi connectivity index (χ2n) is 6.60. The minimum Gasteiger partial charge on any atom is -0.390 e. The summed E-state index contributed by atoms with van der Waals surface area (Å²) in [7, 11) is 0. The molecule has 0 radical (unpaired) electrons. The van der Waals surface area contributed by atoms with Crippen LogP contribution in [-0.4, -0.2) is 10.7 Å². The Bertz CT molecular complexity index is 215. The standard InChI is InChI=1S/C14H26O/c1-13(2)8-5-9-14(15,11-10-13)12-6-3-4-7-12/h12,15H,3-11H2,1-2H3. The van der Waals surface area contributed by atoms with E-state index in [9.17, 15) is 5.11 Å². The molecule has 0 aromatic carbocycles. The summed E-state index contributed by atoms with van der Waals surface area (Å²) in [5.74, 6) is 0.617. The Morgan fingerprint density at radius 2 is 1.53 bits per heavy atom. The molecule has 15 heavy (non-hydrogen) atoms. The minimum absolute atomic E-state index is 0.301. The molecule has 0 heterocycles. The summed E-state index contributed by atoms with van der Waals surface area (Å²) in [5, 5.41) is 10.8. The highest BCUT2D eigenvalue weighted by Gasteiger charge is 2.40. The summed E-state index contributed by atoms with van der Waals surface area (Å²) in [6.07, 6.45) is 11.1. The zero-order valence-electron chi connectivity index (χ0n) is 10.4. The van der Waals surface area contributed by atoms with E-state index in [1.165, 1.54) is 44.9 Å². The van der Waals surface area contributed by atoms with E-state index in [1.807, 2.05) is 0 Å². The maximum atomic E-state index is 10.8. The van der Waals surface area contributed by atoms with Crippen LogP contribution in [0.2, 0.25) is 0 Å². The molecule has 1 atom stereocenters. The molecule has 1 nitrogen and oxygen atoms in total. The van der Waals surface area contributed by atoms with Gasteiger partial charge < -0.3 is 5.11 Å². The van der Waals surface area contributed by atoms with Crippen molar-refractivity contribution in [3.8, 4) is 0 Å². The zero-order chi connectivity index (χ0) is 10.9. The lowest BCUT2D eigenvalue weighted by atomic mass is 9.78. The molecule has 0 bridgehead atoms. The lowest BCUT2D eigenvalue weighted by Gasteiger charge is -2.33. The quantitative estimate of drug-likeness (QED) is 0.651. The van der Waals surface area contributed by atoms with Gasteiger partial charge in [-0.2, -0.15) is 0 Å². The molecule has 2 fully saturated rings. The van der Waals surface area contributed by atoms with Crippen molar-refractivity contribution in [2.24, 2.45) is 11.3 Å². The van der Waals surface area contributed by atoms with E-state index in [2.05, 4.69) is 13.8 Å². The summed E-state index contributed by atoms with van der Waals surface area (Å²) < 4.78 is 0. The summed E-state index contributed by atoms with van der Waals surface area (Å²) >= 11 is 0. The smallest absolute Gasteiger partial charge is 0.0676 e. The Labute approximate surface area is 94.3 Å². The van der Waals surface area contributed by atoms with Crippen LogP contribution < -0.4 is 0 Å². The maximum Gasteiger partial charge on any atom is 0.0676 e. The zero-order valence-corrected chi connectivity index (χ0v) is 10.4. The number of rotatable bonds is 1. The molecule has 0 spiro atoms. The van der Waals surface area contributed by atoms with Crippen LogP contribution in [-0.2, 0) is 0 Å². The van der Waals surface area contributed by atoms with Gasteiger partial charge in [-0.05, 0) is 49.9 Å². The first-order valence-corrected chi connectivity index (χ1v) is 6.74. The van der Waals surface area contributed by atoms with Crippen molar-refractivity contribution in [1.82, 2.24) is 0 Å². The van der Waals surface area contributed by atoms with Crippen molar-refractivity contribution in [2.75, 3.05) is 0 Å². The van der Waals surface area contributed by atoms with Crippen LogP contribution in [0.5, 0.6) is 0 Å². The van der Waals surface area contributed by atoms with Gasteiger partial charge in [0, 0.05) is 0 Å². The summed E-state index contributed by atoms with van der Waals surface area (Å²) in [6.45, 7) is 4.71. The monoisotopic (exact) mass is 210 g/mol. The minimum atomic E-state index is -0.301. The lowest BCUT2D eigenvalue weighted by Crippen LogP contribution is -2.36. The average Bonchev–Trinajstić information content (AvgIpc) is 2.64. The molecule has 1 unspecified atom stereocenters. The first-order chi connectivity index (χ1) is 7.02. The van der Waals surface area contributed by atoms with E-state index in [-0.39, 0.29) is 5.60 Å². The molecule has 1 heteroatoms. The Balaban J connectivity index is 2.02. The molecule has 0 aromatic rings. The lowest BCUT2D eigenvalue weighted by molar-refractivity contribution is -0.0316. The second-order valence-corrected chi connectivity index (χ2v) is 6.60.